The van der Waals surface area contributed by atoms with Gasteiger partial charge in [-0.1, -0.05) is 12.1 Å². The van der Waals surface area contributed by atoms with Crippen molar-refractivity contribution in [2.45, 2.75) is 43.0 Å². The summed E-state index contributed by atoms with van der Waals surface area (Å²) >= 11 is 0. The first kappa shape index (κ1) is 27.5. The summed E-state index contributed by atoms with van der Waals surface area (Å²) in [7, 11) is 0. The van der Waals surface area contributed by atoms with E-state index in [2.05, 4.69) is 5.32 Å². The summed E-state index contributed by atoms with van der Waals surface area (Å²) in [5.74, 6) is -1.33. The van der Waals surface area contributed by atoms with Crippen LogP contribution in [0, 0.1) is 0 Å². The van der Waals surface area contributed by atoms with E-state index in [9.17, 15) is 39.6 Å². The van der Waals surface area contributed by atoms with Crippen molar-refractivity contribution >= 4 is 11.9 Å². The van der Waals surface area contributed by atoms with Crippen molar-refractivity contribution in [3.05, 3.63) is 87.2 Å². The number of carbonyl (C=O) groups is 2. The number of hydrogen-bond acceptors (Lipinski definition) is 10. The number of aliphatic hydroxyl groups is 2. The SMILES string of the molecule is N[C@@H](Cc1ccc(Oc2ccc(O)cc2)cc1)C(=O)N[C@H](C(=O)O)C1O[C@@H](n2ccc(=O)[nH]c2=O)[C@H](O)[C@@H]1O. The number of hydrogen-bond donors (Lipinski definition) is 7. The summed E-state index contributed by atoms with van der Waals surface area (Å²) in [5.41, 5.74) is 4.99. The first-order valence-corrected chi connectivity index (χ1v) is 11.7. The normalized spacial score (nSPS) is 22.1. The molecule has 14 heteroatoms. The van der Waals surface area contributed by atoms with Crippen molar-refractivity contribution in [3.8, 4) is 17.2 Å². The molecular weight excluding hydrogens is 516 g/mol. The quantitative estimate of drug-likeness (QED) is 0.170. The summed E-state index contributed by atoms with van der Waals surface area (Å²) < 4.78 is 11.9. The average molecular weight is 543 g/mol. The fourth-order valence-corrected chi connectivity index (χ4v) is 4.05. The first-order chi connectivity index (χ1) is 18.5. The minimum atomic E-state index is -1.82. The Kier molecular flexibility index (Phi) is 8.11. The molecule has 1 aliphatic rings. The van der Waals surface area contributed by atoms with Gasteiger partial charge in [-0.3, -0.25) is 19.1 Å². The number of aromatic amines is 1. The van der Waals surface area contributed by atoms with E-state index in [-0.39, 0.29) is 12.2 Å². The minimum Gasteiger partial charge on any atom is -0.508 e. The third-order valence-electron chi connectivity index (χ3n) is 6.08. The smallest absolute Gasteiger partial charge is 0.330 e. The number of carbonyl (C=O) groups excluding carboxylic acids is 1. The monoisotopic (exact) mass is 542 g/mol. The number of carboxylic acid groups (broad SMARTS) is 1. The molecule has 2 aromatic carbocycles. The highest BCUT2D eigenvalue weighted by Crippen LogP contribution is 2.30. The zero-order valence-electron chi connectivity index (χ0n) is 20.2. The minimum absolute atomic E-state index is 0.0315. The van der Waals surface area contributed by atoms with Crippen LogP contribution in [0.15, 0.2) is 70.4 Å². The molecule has 0 spiro atoms. The van der Waals surface area contributed by atoms with Crippen molar-refractivity contribution < 1.29 is 39.5 Å². The van der Waals surface area contributed by atoms with Gasteiger partial charge < -0.3 is 41.0 Å². The van der Waals surface area contributed by atoms with Gasteiger partial charge in [0, 0.05) is 12.3 Å². The Labute approximate surface area is 219 Å². The Balaban J connectivity index is 1.40. The van der Waals surface area contributed by atoms with E-state index in [4.69, 9.17) is 15.2 Å². The van der Waals surface area contributed by atoms with Crippen LogP contribution in [0.1, 0.15) is 11.8 Å². The Morgan fingerprint density at radius 3 is 2.23 bits per heavy atom. The highest BCUT2D eigenvalue weighted by molar-refractivity contribution is 5.87. The number of benzene rings is 2. The maximum absolute atomic E-state index is 12.7. The molecule has 1 aliphatic heterocycles. The second kappa shape index (κ2) is 11.5. The van der Waals surface area contributed by atoms with Gasteiger partial charge in [-0.05, 0) is 48.4 Å². The number of nitrogens with one attached hydrogen (secondary N) is 2. The molecule has 206 valence electrons. The number of nitrogens with zero attached hydrogens (tertiary/aromatic N) is 1. The molecule has 2 heterocycles. The van der Waals surface area contributed by atoms with Crippen LogP contribution < -0.4 is 27.0 Å². The van der Waals surface area contributed by atoms with Crippen molar-refractivity contribution in [2.75, 3.05) is 0 Å². The average Bonchev–Trinajstić information content (AvgIpc) is 3.18. The third-order valence-corrected chi connectivity index (χ3v) is 6.08. The summed E-state index contributed by atoms with van der Waals surface area (Å²) in [4.78, 5) is 50.0. The summed E-state index contributed by atoms with van der Waals surface area (Å²) in [6.07, 6.45) is -5.65. The Morgan fingerprint density at radius 1 is 1.03 bits per heavy atom. The van der Waals surface area contributed by atoms with Crippen LogP contribution in [0.5, 0.6) is 17.2 Å². The van der Waals surface area contributed by atoms with Crippen LogP contribution >= 0.6 is 0 Å². The van der Waals surface area contributed by atoms with Gasteiger partial charge in [0.1, 0.15) is 35.6 Å². The first-order valence-electron chi connectivity index (χ1n) is 11.7. The molecule has 1 unspecified atom stereocenters. The molecule has 0 bridgehead atoms. The molecule has 1 saturated heterocycles. The fraction of sp³-hybridized carbons (Fsp3) is 0.280. The largest absolute Gasteiger partial charge is 0.508 e. The predicted octanol–water partition coefficient (Wildman–Crippen LogP) is -1.21. The molecule has 1 aromatic heterocycles. The molecule has 8 N–H and O–H groups in total. The van der Waals surface area contributed by atoms with E-state index >= 15 is 0 Å². The lowest BCUT2D eigenvalue weighted by Crippen LogP contribution is -2.56. The Morgan fingerprint density at radius 2 is 1.64 bits per heavy atom. The molecule has 0 saturated carbocycles. The van der Waals surface area contributed by atoms with Gasteiger partial charge in [0.2, 0.25) is 5.91 Å². The molecular formula is C25H26N4O10. The zero-order valence-corrected chi connectivity index (χ0v) is 20.2. The van der Waals surface area contributed by atoms with Gasteiger partial charge in [0.15, 0.2) is 12.3 Å². The number of nitrogens with two attached hydrogens (primary N) is 1. The zero-order chi connectivity index (χ0) is 28.3. The van der Waals surface area contributed by atoms with Crippen LogP contribution in [0.3, 0.4) is 0 Å². The second-order valence-corrected chi connectivity index (χ2v) is 8.86. The Hall–Kier alpha value is -4.50. The van der Waals surface area contributed by atoms with Gasteiger partial charge in [0.25, 0.3) is 5.56 Å². The molecule has 4 rings (SSSR count). The molecule has 1 amide bonds. The number of H-pyrrole nitrogens is 1. The van der Waals surface area contributed by atoms with E-state index in [0.29, 0.717) is 17.1 Å². The molecule has 3 aromatic rings. The van der Waals surface area contributed by atoms with Crippen LogP contribution in [0.4, 0.5) is 0 Å². The van der Waals surface area contributed by atoms with Gasteiger partial charge in [-0.25, -0.2) is 9.59 Å². The standard InChI is InChI=1S/C25H26N4O10/c26-16(11-12-1-5-14(6-2-12)38-15-7-3-13(30)4-8-15)22(34)28-18(24(35)36)21-19(32)20(33)23(39-21)29-10-9-17(31)27-25(29)37/h1-10,16,18-21,23,30,32-33H,11,26H2,(H,28,34)(H,35,36)(H,27,31,37)/t16-,18-,19-,20+,21?,23+/m0/s1. The second-order valence-electron chi connectivity index (χ2n) is 8.86. The number of phenols is 1. The van der Waals surface area contributed by atoms with E-state index < -0.39 is 59.7 Å². The molecule has 0 radical (unpaired) electrons. The van der Waals surface area contributed by atoms with Crippen molar-refractivity contribution in [1.82, 2.24) is 14.9 Å². The van der Waals surface area contributed by atoms with Crippen LogP contribution in [-0.2, 0) is 20.7 Å². The molecule has 1 fully saturated rings. The van der Waals surface area contributed by atoms with Gasteiger partial charge >= 0.3 is 11.7 Å². The maximum Gasteiger partial charge on any atom is 0.330 e. The maximum atomic E-state index is 12.7. The number of aromatic hydroxyl groups is 1. The van der Waals surface area contributed by atoms with Crippen molar-refractivity contribution in [2.24, 2.45) is 5.73 Å². The predicted molar refractivity (Wildman–Crippen MR) is 133 cm³/mol. The van der Waals surface area contributed by atoms with E-state index in [1.54, 1.807) is 36.4 Å². The molecule has 0 aliphatic carbocycles. The van der Waals surface area contributed by atoms with Crippen LogP contribution in [-0.4, -0.2) is 72.2 Å². The molecule has 6 atom stereocenters. The third kappa shape index (κ3) is 6.32. The summed E-state index contributed by atoms with van der Waals surface area (Å²) in [6, 6.07) is 10.8. The summed E-state index contributed by atoms with van der Waals surface area (Å²) in [5, 5.41) is 42.1. The Bertz CT molecular complexity index is 1440. The van der Waals surface area contributed by atoms with Crippen LogP contribution in [0.25, 0.3) is 0 Å². The lowest BCUT2D eigenvalue weighted by molar-refractivity contribution is -0.149. The van der Waals surface area contributed by atoms with Crippen molar-refractivity contribution in [1.29, 1.82) is 0 Å². The number of aromatic nitrogens is 2. The number of phenolic OH excluding ortho intramolecular Hbond substituents is 1. The lowest BCUT2D eigenvalue weighted by Gasteiger charge is -2.24. The highest BCUT2D eigenvalue weighted by Gasteiger charge is 2.50. The molecule has 14 nitrogen and oxygen atoms in total. The topological polar surface area (TPSA) is 226 Å². The lowest BCUT2D eigenvalue weighted by atomic mass is 10.0. The number of aliphatic carboxylic acids is 1. The van der Waals surface area contributed by atoms with Crippen LogP contribution in [0.2, 0.25) is 0 Å². The number of ether oxygens (including phenoxy) is 2. The summed E-state index contributed by atoms with van der Waals surface area (Å²) in [6.45, 7) is 0. The number of rotatable bonds is 9. The van der Waals surface area contributed by atoms with E-state index in [0.717, 1.165) is 16.8 Å². The fourth-order valence-electron chi connectivity index (χ4n) is 4.05. The van der Waals surface area contributed by atoms with Gasteiger partial charge in [-0.2, -0.15) is 0 Å². The van der Waals surface area contributed by atoms with E-state index in [1.165, 1.54) is 12.1 Å². The number of carboxylic acids is 1. The van der Waals surface area contributed by atoms with Gasteiger partial charge in [-0.15, -0.1) is 0 Å². The van der Waals surface area contributed by atoms with Crippen molar-refractivity contribution in [3.63, 3.8) is 0 Å². The van der Waals surface area contributed by atoms with E-state index in [1.807, 2.05) is 4.98 Å². The number of aliphatic hydroxyl groups excluding tert-OH is 2. The van der Waals surface area contributed by atoms with Gasteiger partial charge in [0.05, 0.1) is 6.04 Å². The number of amides is 1. The molecule has 39 heavy (non-hydrogen) atoms. The highest BCUT2D eigenvalue weighted by atomic mass is 16.6.